The van der Waals surface area contributed by atoms with Crippen molar-refractivity contribution in [2.24, 2.45) is 0 Å². The summed E-state index contributed by atoms with van der Waals surface area (Å²) in [7, 11) is 0. The highest BCUT2D eigenvalue weighted by Crippen LogP contribution is 2.41. The van der Waals surface area contributed by atoms with Crippen LogP contribution < -0.4 is 0 Å². The zero-order valence-corrected chi connectivity index (χ0v) is 22.9. The molecule has 9 rings (SSSR count). The van der Waals surface area contributed by atoms with Gasteiger partial charge in [-0.05, 0) is 80.2 Å². The van der Waals surface area contributed by atoms with Crippen molar-refractivity contribution in [2.45, 2.75) is 0 Å². The predicted molar refractivity (Wildman–Crippen MR) is 174 cm³/mol. The lowest BCUT2D eigenvalue weighted by molar-refractivity contribution is 1.48. The third-order valence-corrected chi connectivity index (χ3v) is 9.92. The molecule has 3 heterocycles. The van der Waals surface area contributed by atoms with Gasteiger partial charge >= 0.3 is 0 Å². The fourth-order valence-electron chi connectivity index (χ4n) is 5.82. The van der Waals surface area contributed by atoms with Crippen LogP contribution in [0.3, 0.4) is 0 Å². The van der Waals surface area contributed by atoms with Crippen LogP contribution in [0.1, 0.15) is 0 Å². The minimum Gasteiger partial charge on any atom is -0.232 e. The normalized spacial score (nSPS) is 12.0. The van der Waals surface area contributed by atoms with Crippen LogP contribution >= 0.6 is 22.7 Å². The monoisotopic (exact) mass is 544 g/mol. The average molecular weight is 545 g/mol. The van der Waals surface area contributed by atoms with Crippen LogP contribution in [-0.2, 0) is 0 Å². The van der Waals surface area contributed by atoms with Crippen LogP contribution in [0.4, 0.5) is 0 Å². The van der Waals surface area contributed by atoms with E-state index in [1.165, 1.54) is 64.0 Å². The Bertz CT molecular complexity index is 2250. The molecule has 0 atom stereocenters. The molecule has 186 valence electrons. The van der Waals surface area contributed by atoms with E-state index < -0.39 is 0 Å². The number of thiophene rings is 2. The van der Waals surface area contributed by atoms with Crippen LogP contribution in [0.15, 0.2) is 121 Å². The molecular formula is C36H20N2S2. The molecule has 0 fully saturated rings. The Morgan fingerprint density at radius 2 is 0.825 bits per heavy atom. The van der Waals surface area contributed by atoms with Gasteiger partial charge in [0.1, 0.15) is 20.7 Å². The molecule has 0 aliphatic heterocycles. The summed E-state index contributed by atoms with van der Waals surface area (Å²) in [5.41, 5.74) is 6.95. The van der Waals surface area contributed by atoms with Gasteiger partial charge in [-0.3, -0.25) is 0 Å². The Kier molecular flexibility index (Phi) is 4.68. The third-order valence-electron chi connectivity index (χ3n) is 7.85. The van der Waals surface area contributed by atoms with Gasteiger partial charge in [0.15, 0.2) is 0 Å². The Hall–Kier alpha value is -4.64. The molecule has 0 unspecified atom stereocenters. The summed E-state index contributed by atoms with van der Waals surface area (Å²) < 4.78 is 2.46. The predicted octanol–water partition coefficient (Wildman–Crippen LogP) is 10.9. The van der Waals surface area contributed by atoms with Crippen LogP contribution in [0.2, 0.25) is 0 Å². The lowest BCUT2D eigenvalue weighted by Gasteiger charge is -2.05. The highest BCUT2D eigenvalue weighted by Gasteiger charge is 2.15. The maximum atomic E-state index is 5.20. The molecule has 0 N–H and O–H groups in total. The van der Waals surface area contributed by atoms with Gasteiger partial charge in [0.05, 0.1) is 0 Å². The number of hydrogen-bond acceptors (Lipinski definition) is 4. The van der Waals surface area contributed by atoms with Crippen molar-refractivity contribution in [2.75, 3.05) is 0 Å². The average Bonchev–Trinajstić information content (AvgIpc) is 3.53. The van der Waals surface area contributed by atoms with Crippen molar-refractivity contribution >= 4 is 85.1 Å². The molecule has 0 amide bonds. The standard InChI is InChI=1S/C36H20N2S2/c1-3-7-21(8-4-1)23-11-13-25-17-29-31(19-27(25)15-23)39-35-33(29)37-36-34(38-35)30-18-26-14-12-24(22-9-5-2-6-10-22)16-28(26)20-32(30)40-36/h1-20H. The molecule has 0 aliphatic carbocycles. The van der Waals surface area contributed by atoms with Gasteiger partial charge in [-0.25, -0.2) is 9.97 Å². The van der Waals surface area contributed by atoms with Gasteiger partial charge < -0.3 is 0 Å². The van der Waals surface area contributed by atoms with Gasteiger partial charge in [-0.2, -0.15) is 0 Å². The lowest BCUT2D eigenvalue weighted by atomic mass is 10.0. The van der Waals surface area contributed by atoms with Gasteiger partial charge in [0.25, 0.3) is 0 Å². The first-order valence-corrected chi connectivity index (χ1v) is 15.0. The smallest absolute Gasteiger partial charge is 0.143 e. The first-order chi connectivity index (χ1) is 19.8. The van der Waals surface area contributed by atoms with E-state index in [4.69, 9.17) is 9.97 Å². The Morgan fingerprint density at radius 3 is 1.27 bits per heavy atom. The van der Waals surface area contributed by atoms with Crippen molar-refractivity contribution in [3.8, 4) is 22.3 Å². The van der Waals surface area contributed by atoms with E-state index in [-0.39, 0.29) is 0 Å². The van der Waals surface area contributed by atoms with Crippen molar-refractivity contribution in [3.05, 3.63) is 121 Å². The molecule has 2 nitrogen and oxygen atoms in total. The first-order valence-electron chi connectivity index (χ1n) is 13.3. The van der Waals surface area contributed by atoms with Crippen molar-refractivity contribution < 1.29 is 0 Å². The molecule has 0 spiro atoms. The van der Waals surface area contributed by atoms with Crippen LogP contribution in [-0.4, -0.2) is 9.97 Å². The van der Waals surface area contributed by atoms with E-state index in [0.29, 0.717) is 0 Å². The number of rotatable bonds is 2. The molecule has 6 aromatic carbocycles. The van der Waals surface area contributed by atoms with Gasteiger partial charge in [-0.15, -0.1) is 22.7 Å². The SMILES string of the molecule is c1ccc(-c2ccc3cc4c(cc3c2)sc2nc3c(nc24)sc2cc4cc(-c5ccccc5)ccc4cc23)cc1. The maximum absolute atomic E-state index is 5.20. The highest BCUT2D eigenvalue weighted by atomic mass is 32.1. The first kappa shape index (κ1) is 22.2. The minimum atomic E-state index is 1.00. The molecule has 9 aromatic rings. The summed E-state index contributed by atoms with van der Waals surface area (Å²) in [5.74, 6) is 0. The summed E-state index contributed by atoms with van der Waals surface area (Å²) in [6.07, 6.45) is 0. The van der Waals surface area contributed by atoms with E-state index in [9.17, 15) is 0 Å². The Balaban J connectivity index is 1.21. The number of nitrogens with zero attached hydrogens (tertiary/aromatic N) is 2. The molecule has 0 bridgehead atoms. The van der Waals surface area contributed by atoms with Crippen LogP contribution in [0.25, 0.3) is 84.7 Å². The topological polar surface area (TPSA) is 25.8 Å². The van der Waals surface area contributed by atoms with E-state index in [1.807, 2.05) is 0 Å². The number of benzene rings is 6. The second kappa shape index (κ2) is 8.43. The van der Waals surface area contributed by atoms with Gasteiger partial charge in [0.2, 0.25) is 0 Å². The Morgan fingerprint density at radius 1 is 0.375 bits per heavy atom. The van der Waals surface area contributed by atoms with Crippen molar-refractivity contribution in [1.82, 2.24) is 9.97 Å². The molecule has 0 aliphatic rings. The van der Waals surface area contributed by atoms with E-state index >= 15 is 0 Å². The third kappa shape index (κ3) is 3.40. The molecule has 4 heteroatoms. The van der Waals surface area contributed by atoms with Gasteiger partial charge in [0, 0.05) is 20.2 Å². The Labute approximate surface area is 237 Å². The quantitative estimate of drug-likeness (QED) is 0.216. The zero-order chi connectivity index (χ0) is 26.2. The molecule has 40 heavy (non-hydrogen) atoms. The van der Waals surface area contributed by atoms with Crippen LogP contribution in [0.5, 0.6) is 0 Å². The lowest BCUT2D eigenvalue weighted by Crippen LogP contribution is -1.82. The summed E-state index contributed by atoms with van der Waals surface area (Å²) in [6.45, 7) is 0. The molecule has 3 aromatic heterocycles. The fraction of sp³-hybridized carbons (Fsp3) is 0. The maximum Gasteiger partial charge on any atom is 0.143 e. The fourth-order valence-corrected chi connectivity index (χ4v) is 7.92. The molecule has 0 saturated carbocycles. The molecule has 0 radical (unpaired) electrons. The van der Waals surface area contributed by atoms with Gasteiger partial charge in [-0.1, -0.05) is 84.9 Å². The molecule has 0 saturated heterocycles. The number of hydrogen-bond donors (Lipinski definition) is 0. The highest BCUT2D eigenvalue weighted by molar-refractivity contribution is 7.26. The van der Waals surface area contributed by atoms with E-state index in [0.717, 1.165) is 20.7 Å². The molecular weight excluding hydrogens is 525 g/mol. The van der Waals surface area contributed by atoms with Crippen LogP contribution in [0, 0.1) is 0 Å². The number of aromatic nitrogens is 2. The van der Waals surface area contributed by atoms with E-state index in [1.54, 1.807) is 22.7 Å². The number of fused-ring (bicyclic) bond motifs is 8. The summed E-state index contributed by atoms with van der Waals surface area (Å²) in [5, 5.41) is 7.31. The second-order valence-corrected chi connectivity index (χ2v) is 12.3. The van der Waals surface area contributed by atoms with Crippen molar-refractivity contribution in [1.29, 1.82) is 0 Å². The zero-order valence-electron chi connectivity index (χ0n) is 21.3. The van der Waals surface area contributed by atoms with Crippen molar-refractivity contribution in [3.63, 3.8) is 0 Å². The summed E-state index contributed by atoms with van der Waals surface area (Å²) in [4.78, 5) is 12.4. The summed E-state index contributed by atoms with van der Waals surface area (Å²) in [6, 6.07) is 43.7. The largest absolute Gasteiger partial charge is 0.232 e. The minimum absolute atomic E-state index is 1.00. The second-order valence-electron chi connectivity index (χ2n) is 10.3. The summed E-state index contributed by atoms with van der Waals surface area (Å²) >= 11 is 3.48. The van der Waals surface area contributed by atoms with E-state index in [2.05, 4.69) is 121 Å².